The van der Waals surface area contributed by atoms with E-state index in [2.05, 4.69) is 15.3 Å². The van der Waals surface area contributed by atoms with Crippen LogP contribution in [0.3, 0.4) is 0 Å². The molecule has 0 fully saturated rings. The number of amides is 1. The Kier molecular flexibility index (Phi) is 4.37. The molecule has 1 aromatic carbocycles. The molecule has 0 aliphatic rings. The summed E-state index contributed by atoms with van der Waals surface area (Å²) in [6.07, 6.45) is 3.35. The van der Waals surface area contributed by atoms with Gasteiger partial charge >= 0.3 is 0 Å². The average Bonchev–Trinajstić information content (AvgIpc) is 2.59. The fourth-order valence-corrected chi connectivity index (χ4v) is 2.49. The second kappa shape index (κ2) is 6.62. The summed E-state index contributed by atoms with van der Waals surface area (Å²) in [6.45, 7) is 2.09. The van der Waals surface area contributed by atoms with Crippen molar-refractivity contribution in [2.24, 2.45) is 0 Å². The van der Waals surface area contributed by atoms with Crippen molar-refractivity contribution in [1.82, 2.24) is 15.3 Å². The summed E-state index contributed by atoms with van der Waals surface area (Å²) in [7, 11) is 1.48. The highest BCUT2D eigenvalue weighted by atomic mass is 19.1. The summed E-state index contributed by atoms with van der Waals surface area (Å²) in [4.78, 5) is 20.7. The maximum Gasteiger partial charge on any atom is 0.270 e. The van der Waals surface area contributed by atoms with E-state index in [1.807, 2.05) is 6.07 Å². The molecule has 5 nitrogen and oxygen atoms in total. The number of ether oxygens (including phenoxy) is 1. The van der Waals surface area contributed by atoms with Gasteiger partial charge in [0.25, 0.3) is 5.91 Å². The van der Waals surface area contributed by atoms with Gasteiger partial charge in [-0.1, -0.05) is 6.07 Å². The van der Waals surface area contributed by atoms with Crippen LogP contribution in [-0.4, -0.2) is 23.0 Å². The van der Waals surface area contributed by atoms with E-state index in [0.29, 0.717) is 28.8 Å². The monoisotopic (exact) mass is 325 g/mol. The standard InChI is InChI=1S/C18H16FN3O2/c1-11-6-13(19)7-14-16(24-2)8-15(22-17(11)14)18(23)21-10-12-4-3-5-20-9-12/h3-9H,10H2,1-2H3,(H,21,23). The lowest BCUT2D eigenvalue weighted by molar-refractivity contribution is 0.0946. The molecular formula is C18H16FN3O2. The highest BCUT2D eigenvalue weighted by Crippen LogP contribution is 2.28. The van der Waals surface area contributed by atoms with Crippen LogP contribution in [0.1, 0.15) is 21.6 Å². The molecule has 6 heteroatoms. The first kappa shape index (κ1) is 15.9. The first-order chi connectivity index (χ1) is 11.6. The smallest absolute Gasteiger partial charge is 0.270 e. The Bertz CT molecular complexity index is 898. The van der Waals surface area contributed by atoms with Gasteiger partial charge in [-0.05, 0) is 36.2 Å². The molecular weight excluding hydrogens is 309 g/mol. The molecule has 0 spiro atoms. The summed E-state index contributed by atoms with van der Waals surface area (Å²) in [5, 5.41) is 3.33. The predicted octanol–water partition coefficient (Wildman–Crippen LogP) is 3.02. The van der Waals surface area contributed by atoms with Gasteiger partial charge < -0.3 is 10.1 Å². The number of fused-ring (bicyclic) bond motifs is 1. The SMILES string of the molecule is COc1cc(C(=O)NCc2cccnc2)nc2c(C)cc(F)cc12. The highest BCUT2D eigenvalue weighted by molar-refractivity contribution is 5.97. The van der Waals surface area contributed by atoms with E-state index in [-0.39, 0.29) is 17.4 Å². The molecule has 1 N–H and O–H groups in total. The Hall–Kier alpha value is -3.02. The number of benzene rings is 1. The van der Waals surface area contributed by atoms with Gasteiger partial charge in [-0.15, -0.1) is 0 Å². The number of methoxy groups -OCH3 is 1. The molecule has 0 radical (unpaired) electrons. The second-order valence-corrected chi connectivity index (χ2v) is 5.37. The Balaban J connectivity index is 1.93. The maximum absolute atomic E-state index is 13.6. The van der Waals surface area contributed by atoms with E-state index >= 15 is 0 Å². The van der Waals surface area contributed by atoms with Crippen molar-refractivity contribution in [2.45, 2.75) is 13.5 Å². The van der Waals surface area contributed by atoms with Gasteiger partial charge in [0.2, 0.25) is 0 Å². The van der Waals surface area contributed by atoms with Gasteiger partial charge in [0.1, 0.15) is 17.3 Å². The summed E-state index contributed by atoms with van der Waals surface area (Å²) < 4.78 is 18.9. The molecule has 0 aliphatic carbocycles. The predicted molar refractivity (Wildman–Crippen MR) is 88.4 cm³/mol. The molecule has 0 atom stereocenters. The van der Waals surface area contributed by atoms with E-state index in [4.69, 9.17) is 4.74 Å². The molecule has 2 heterocycles. The third-order valence-electron chi connectivity index (χ3n) is 3.66. The Morgan fingerprint density at radius 2 is 2.17 bits per heavy atom. The lowest BCUT2D eigenvalue weighted by Crippen LogP contribution is -2.24. The Labute approximate surface area is 138 Å². The molecule has 24 heavy (non-hydrogen) atoms. The molecule has 3 aromatic rings. The van der Waals surface area contributed by atoms with Crippen molar-refractivity contribution in [3.63, 3.8) is 0 Å². The molecule has 0 saturated carbocycles. The minimum atomic E-state index is -0.367. The number of hydrogen-bond donors (Lipinski definition) is 1. The minimum Gasteiger partial charge on any atom is -0.496 e. The zero-order chi connectivity index (χ0) is 17.1. The van der Waals surface area contributed by atoms with Crippen molar-refractivity contribution >= 4 is 16.8 Å². The van der Waals surface area contributed by atoms with Crippen LogP contribution in [0.25, 0.3) is 10.9 Å². The van der Waals surface area contributed by atoms with Gasteiger partial charge in [0, 0.05) is 30.4 Å². The van der Waals surface area contributed by atoms with Crippen LogP contribution in [-0.2, 0) is 6.54 Å². The van der Waals surface area contributed by atoms with E-state index in [9.17, 15) is 9.18 Å². The molecule has 0 bridgehead atoms. The first-order valence-corrected chi connectivity index (χ1v) is 7.40. The molecule has 3 rings (SSSR count). The summed E-state index contributed by atoms with van der Waals surface area (Å²) >= 11 is 0. The number of carbonyl (C=O) groups excluding carboxylic acids is 1. The van der Waals surface area contributed by atoms with Gasteiger partial charge in [-0.2, -0.15) is 0 Å². The quantitative estimate of drug-likeness (QED) is 0.801. The first-order valence-electron chi connectivity index (χ1n) is 7.40. The van der Waals surface area contributed by atoms with E-state index in [0.717, 1.165) is 5.56 Å². The zero-order valence-corrected chi connectivity index (χ0v) is 13.3. The molecule has 2 aromatic heterocycles. The topological polar surface area (TPSA) is 64.1 Å². The largest absolute Gasteiger partial charge is 0.496 e. The van der Waals surface area contributed by atoms with E-state index in [1.165, 1.54) is 25.3 Å². The van der Waals surface area contributed by atoms with Crippen molar-refractivity contribution in [3.8, 4) is 5.75 Å². The van der Waals surface area contributed by atoms with Crippen LogP contribution < -0.4 is 10.1 Å². The van der Waals surface area contributed by atoms with Crippen molar-refractivity contribution in [2.75, 3.05) is 7.11 Å². The third kappa shape index (κ3) is 3.17. The van der Waals surface area contributed by atoms with Crippen LogP contribution in [0.5, 0.6) is 5.75 Å². The van der Waals surface area contributed by atoms with Crippen LogP contribution in [0, 0.1) is 12.7 Å². The number of halogens is 1. The number of hydrogen-bond acceptors (Lipinski definition) is 4. The number of aryl methyl sites for hydroxylation is 1. The van der Waals surface area contributed by atoms with Gasteiger partial charge in [0.05, 0.1) is 12.6 Å². The molecule has 122 valence electrons. The number of rotatable bonds is 4. The van der Waals surface area contributed by atoms with Crippen LogP contribution in [0.15, 0.2) is 42.7 Å². The molecule has 0 unspecified atom stereocenters. The van der Waals surface area contributed by atoms with E-state index in [1.54, 1.807) is 25.4 Å². The number of carbonyl (C=O) groups is 1. The fourth-order valence-electron chi connectivity index (χ4n) is 2.49. The lowest BCUT2D eigenvalue weighted by atomic mass is 10.1. The van der Waals surface area contributed by atoms with Gasteiger partial charge in [0.15, 0.2) is 0 Å². The van der Waals surface area contributed by atoms with Crippen LogP contribution in [0.2, 0.25) is 0 Å². The highest BCUT2D eigenvalue weighted by Gasteiger charge is 2.15. The number of nitrogens with zero attached hydrogens (tertiary/aromatic N) is 2. The van der Waals surface area contributed by atoms with Crippen LogP contribution in [0.4, 0.5) is 4.39 Å². The molecule has 1 amide bonds. The number of nitrogens with one attached hydrogen (secondary N) is 1. The zero-order valence-electron chi connectivity index (χ0n) is 13.3. The van der Waals surface area contributed by atoms with Gasteiger partial charge in [-0.25, -0.2) is 9.37 Å². The van der Waals surface area contributed by atoms with Crippen LogP contribution >= 0.6 is 0 Å². The lowest BCUT2D eigenvalue weighted by Gasteiger charge is -2.11. The summed E-state index contributed by atoms with van der Waals surface area (Å²) in [5.41, 5.74) is 2.29. The maximum atomic E-state index is 13.6. The average molecular weight is 325 g/mol. The minimum absolute atomic E-state index is 0.220. The Morgan fingerprint density at radius 3 is 2.88 bits per heavy atom. The third-order valence-corrected chi connectivity index (χ3v) is 3.66. The number of aromatic nitrogens is 2. The normalized spacial score (nSPS) is 10.6. The van der Waals surface area contributed by atoms with Crippen molar-refractivity contribution in [1.29, 1.82) is 0 Å². The van der Waals surface area contributed by atoms with Gasteiger partial charge in [-0.3, -0.25) is 9.78 Å². The second-order valence-electron chi connectivity index (χ2n) is 5.37. The molecule has 0 saturated heterocycles. The Morgan fingerprint density at radius 1 is 1.33 bits per heavy atom. The molecule has 0 aliphatic heterocycles. The van der Waals surface area contributed by atoms with E-state index < -0.39 is 0 Å². The van der Waals surface area contributed by atoms with Crippen molar-refractivity contribution in [3.05, 3.63) is 65.4 Å². The fraction of sp³-hybridized carbons (Fsp3) is 0.167. The van der Waals surface area contributed by atoms with Crippen molar-refractivity contribution < 1.29 is 13.9 Å². The summed E-state index contributed by atoms with van der Waals surface area (Å²) in [5.74, 6) is -0.286. The number of pyridine rings is 2. The summed E-state index contributed by atoms with van der Waals surface area (Å²) in [6, 6.07) is 7.92.